The zero-order valence-corrected chi connectivity index (χ0v) is 10.4. The topological polar surface area (TPSA) is 84.8 Å². The maximum absolute atomic E-state index is 9.93. The van der Waals surface area contributed by atoms with Crippen molar-refractivity contribution >= 4 is 11.6 Å². The first kappa shape index (κ1) is 11.9. The standard InChI is InChI=1S/C13H15N3O3/c14-13-8-11(15-19-13)10-7-9(1-2-12(10)17)16-3-5-18-6-4-16/h1-2,7-8,17H,3-6,14H2. The van der Waals surface area contributed by atoms with E-state index in [0.717, 1.165) is 18.8 Å². The van der Waals surface area contributed by atoms with E-state index in [-0.39, 0.29) is 11.6 Å². The number of hydrogen-bond donors (Lipinski definition) is 2. The van der Waals surface area contributed by atoms with Gasteiger partial charge in [-0.2, -0.15) is 0 Å². The molecule has 3 rings (SSSR count). The molecule has 100 valence electrons. The van der Waals surface area contributed by atoms with Crippen LogP contribution in [0.25, 0.3) is 11.3 Å². The van der Waals surface area contributed by atoms with Crippen molar-refractivity contribution in [2.75, 3.05) is 36.9 Å². The fourth-order valence-corrected chi connectivity index (χ4v) is 2.16. The van der Waals surface area contributed by atoms with Gasteiger partial charge in [0.25, 0.3) is 0 Å². The number of benzene rings is 1. The lowest BCUT2D eigenvalue weighted by atomic mass is 10.1. The number of nitrogen functional groups attached to an aromatic ring is 1. The molecule has 0 amide bonds. The third-order valence-corrected chi connectivity index (χ3v) is 3.16. The zero-order chi connectivity index (χ0) is 13.2. The molecule has 6 nitrogen and oxygen atoms in total. The second-order valence-corrected chi connectivity index (χ2v) is 4.42. The Hall–Kier alpha value is -2.21. The van der Waals surface area contributed by atoms with Gasteiger partial charge in [0.1, 0.15) is 11.4 Å². The molecule has 2 aromatic rings. The fourth-order valence-electron chi connectivity index (χ4n) is 2.16. The minimum Gasteiger partial charge on any atom is -0.507 e. The van der Waals surface area contributed by atoms with Gasteiger partial charge in [-0.1, -0.05) is 5.16 Å². The maximum atomic E-state index is 9.93. The van der Waals surface area contributed by atoms with Crippen molar-refractivity contribution in [2.24, 2.45) is 0 Å². The van der Waals surface area contributed by atoms with Crippen LogP contribution in [0.3, 0.4) is 0 Å². The van der Waals surface area contributed by atoms with Gasteiger partial charge in [0.2, 0.25) is 5.88 Å². The molecular weight excluding hydrogens is 246 g/mol. The molecule has 2 heterocycles. The molecule has 0 atom stereocenters. The summed E-state index contributed by atoms with van der Waals surface area (Å²) in [6.07, 6.45) is 0. The summed E-state index contributed by atoms with van der Waals surface area (Å²) in [7, 11) is 0. The normalized spacial score (nSPS) is 15.7. The number of ether oxygens (including phenoxy) is 1. The first-order valence-electron chi connectivity index (χ1n) is 6.12. The van der Waals surface area contributed by atoms with Crippen LogP contribution < -0.4 is 10.6 Å². The quantitative estimate of drug-likeness (QED) is 0.851. The van der Waals surface area contributed by atoms with Gasteiger partial charge < -0.3 is 25.0 Å². The molecule has 19 heavy (non-hydrogen) atoms. The minimum atomic E-state index is 0.158. The molecule has 0 saturated carbocycles. The summed E-state index contributed by atoms with van der Waals surface area (Å²) in [6.45, 7) is 3.11. The van der Waals surface area contributed by atoms with Crippen LogP contribution in [0.15, 0.2) is 28.8 Å². The average Bonchev–Trinajstić information content (AvgIpc) is 2.87. The molecule has 3 N–H and O–H groups in total. The minimum absolute atomic E-state index is 0.158. The van der Waals surface area contributed by atoms with E-state index in [9.17, 15) is 5.11 Å². The summed E-state index contributed by atoms with van der Waals surface area (Å²) in [5, 5.41) is 13.8. The molecule has 1 fully saturated rings. The van der Waals surface area contributed by atoms with E-state index in [1.807, 2.05) is 12.1 Å². The molecule has 1 aromatic heterocycles. The summed E-state index contributed by atoms with van der Waals surface area (Å²) in [4.78, 5) is 2.20. The molecule has 0 spiro atoms. The smallest absolute Gasteiger partial charge is 0.222 e. The van der Waals surface area contributed by atoms with Crippen molar-refractivity contribution in [3.63, 3.8) is 0 Å². The first-order valence-corrected chi connectivity index (χ1v) is 6.12. The summed E-state index contributed by atoms with van der Waals surface area (Å²) in [6, 6.07) is 7.02. The molecule has 0 radical (unpaired) electrons. The largest absolute Gasteiger partial charge is 0.507 e. The monoisotopic (exact) mass is 261 g/mol. The van der Waals surface area contributed by atoms with Crippen molar-refractivity contribution in [3.05, 3.63) is 24.3 Å². The number of nitrogens with zero attached hydrogens (tertiary/aromatic N) is 2. The Kier molecular flexibility index (Phi) is 3.00. The van der Waals surface area contributed by atoms with Crippen LogP contribution in [-0.2, 0) is 4.74 Å². The van der Waals surface area contributed by atoms with Crippen molar-refractivity contribution in [1.29, 1.82) is 0 Å². The third-order valence-electron chi connectivity index (χ3n) is 3.16. The average molecular weight is 261 g/mol. The molecule has 0 unspecified atom stereocenters. The second kappa shape index (κ2) is 4.81. The highest BCUT2D eigenvalue weighted by atomic mass is 16.5. The molecule has 1 saturated heterocycles. The van der Waals surface area contributed by atoms with Crippen LogP contribution in [0.2, 0.25) is 0 Å². The van der Waals surface area contributed by atoms with Crippen LogP contribution in [0.5, 0.6) is 5.75 Å². The van der Waals surface area contributed by atoms with Crippen LogP contribution in [0, 0.1) is 0 Å². The summed E-state index contributed by atoms with van der Waals surface area (Å²) >= 11 is 0. The van der Waals surface area contributed by atoms with Gasteiger partial charge in [-0.3, -0.25) is 0 Å². The third kappa shape index (κ3) is 2.34. The van der Waals surface area contributed by atoms with E-state index in [4.69, 9.17) is 15.0 Å². The Morgan fingerprint density at radius 3 is 2.68 bits per heavy atom. The summed E-state index contributed by atoms with van der Waals surface area (Å²) < 4.78 is 10.2. The molecule has 1 aromatic carbocycles. The Labute approximate surface area is 110 Å². The van der Waals surface area contributed by atoms with E-state index in [1.165, 1.54) is 0 Å². The highest BCUT2D eigenvalue weighted by Crippen LogP contribution is 2.33. The summed E-state index contributed by atoms with van der Waals surface area (Å²) in [5.41, 5.74) is 7.68. The Bertz CT molecular complexity index is 576. The van der Waals surface area contributed by atoms with E-state index >= 15 is 0 Å². The van der Waals surface area contributed by atoms with E-state index in [1.54, 1.807) is 12.1 Å². The lowest BCUT2D eigenvalue weighted by Gasteiger charge is -2.29. The Morgan fingerprint density at radius 2 is 2.00 bits per heavy atom. The van der Waals surface area contributed by atoms with Crippen LogP contribution in [0.1, 0.15) is 0 Å². The number of aromatic nitrogens is 1. The van der Waals surface area contributed by atoms with Gasteiger partial charge in [-0.25, -0.2) is 0 Å². The number of rotatable bonds is 2. The van der Waals surface area contributed by atoms with Crippen LogP contribution in [-0.4, -0.2) is 36.6 Å². The molecule has 0 bridgehead atoms. The number of nitrogens with two attached hydrogens (primary N) is 1. The SMILES string of the molecule is Nc1cc(-c2cc(N3CCOCC3)ccc2O)no1. The number of aromatic hydroxyl groups is 1. The number of hydrogen-bond acceptors (Lipinski definition) is 6. The first-order chi connectivity index (χ1) is 9.24. The van der Waals surface area contributed by atoms with Gasteiger partial charge in [-0.15, -0.1) is 0 Å². The molecule has 0 aliphatic carbocycles. The molecular formula is C13H15N3O3. The van der Waals surface area contributed by atoms with Crippen molar-refractivity contribution in [1.82, 2.24) is 5.16 Å². The number of anilines is 2. The highest BCUT2D eigenvalue weighted by Gasteiger charge is 2.15. The highest BCUT2D eigenvalue weighted by molar-refractivity contribution is 5.73. The molecule has 1 aliphatic heterocycles. The predicted molar refractivity (Wildman–Crippen MR) is 71.0 cm³/mol. The van der Waals surface area contributed by atoms with Crippen LogP contribution >= 0.6 is 0 Å². The van der Waals surface area contributed by atoms with E-state index < -0.39 is 0 Å². The Morgan fingerprint density at radius 1 is 1.21 bits per heavy atom. The van der Waals surface area contributed by atoms with Gasteiger partial charge >= 0.3 is 0 Å². The van der Waals surface area contributed by atoms with Gasteiger partial charge in [0.15, 0.2) is 0 Å². The Balaban J connectivity index is 1.95. The number of morpholine rings is 1. The van der Waals surface area contributed by atoms with Crippen molar-refractivity contribution in [2.45, 2.75) is 0 Å². The zero-order valence-electron chi connectivity index (χ0n) is 10.4. The molecule has 1 aliphatic rings. The fraction of sp³-hybridized carbons (Fsp3) is 0.308. The van der Waals surface area contributed by atoms with Crippen LogP contribution in [0.4, 0.5) is 11.6 Å². The predicted octanol–water partition coefficient (Wildman–Crippen LogP) is 1.47. The van der Waals surface area contributed by atoms with E-state index in [0.29, 0.717) is 24.5 Å². The molecule has 6 heteroatoms. The second-order valence-electron chi connectivity index (χ2n) is 4.42. The van der Waals surface area contributed by atoms with Crippen molar-refractivity contribution < 1.29 is 14.4 Å². The van der Waals surface area contributed by atoms with Gasteiger partial charge in [-0.05, 0) is 18.2 Å². The van der Waals surface area contributed by atoms with Crippen molar-refractivity contribution in [3.8, 4) is 17.0 Å². The van der Waals surface area contributed by atoms with Gasteiger partial charge in [0.05, 0.1) is 13.2 Å². The number of phenols is 1. The lowest BCUT2D eigenvalue weighted by Crippen LogP contribution is -2.36. The number of phenolic OH excluding ortho intramolecular Hbond substituents is 1. The summed E-state index contributed by atoms with van der Waals surface area (Å²) in [5.74, 6) is 0.386. The maximum Gasteiger partial charge on any atom is 0.222 e. The lowest BCUT2D eigenvalue weighted by molar-refractivity contribution is 0.122. The van der Waals surface area contributed by atoms with E-state index in [2.05, 4.69) is 10.1 Å². The van der Waals surface area contributed by atoms with Gasteiger partial charge in [0, 0.05) is 30.4 Å².